The number of fused-ring (bicyclic) bond motifs is 2. The highest BCUT2D eigenvalue weighted by Crippen LogP contribution is 2.44. The molecule has 142 valence electrons. The third-order valence-corrected chi connectivity index (χ3v) is 6.06. The third-order valence-electron chi connectivity index (χ3n) is 6.06. The average molecular weight is 378 g/mol. The van der Waals surface area contributed by atoms with E-state index in [0.29, 0.717) is 17.3 Å². The third kappa shape index (κ3) is 2.69. The van der Waals surface area contributed by atoms with E-state index in [9.17, 15) is 13.6 Å². The Bertz CT molecular complexity index is 1100. The van der Waals surface area contributed by atoms with Crippen LogP contribution in [0.2, 0.25) is 0 Å². The first-order valence-corrected chi connectivity index (χ1v) is 9.53. The van der Waals surface area contributed by atoms with Gasteiger partial charge in [0.1, 0.15) is 0 Å². The monoisotopic (exact) mass is 378 g/mol. The molecule has 0 aliphatic carbocycles. The highest BCUT2D eigenvalue weighted by molar-refractivity contribution is 6.07. The van der Waals surface area contributed by atoms with Crippen LogP contribution in [0, 0.1) is 18.6 Å². The maximum absolute atomic E-state index is 14.3. The fraction of sp³-hybridized carbons (Fsp3) is 0.261. The molecule has 0 amide bonds. The summed E-state index contributed by atoms with van der Waals surface area (Å²) in [7, 11) is 0. The first-order valence-electron chi connectivity index (χ1n) is 9.53. The van der Waals surface area contributed by atoms with Gasteiger partial charge in [-0.05, 0) is 54.0 Å². The van der Waals surface area contributed by atoms with Crippen LogP contribution in [0.1, 0.15) is 33.8 Å². The van der Waals surface area contributed by atoms with Gasteiger partial charge in [0, 0.05) is 35.8 Å². The second kappa shape index (κ2) is 6.38. The molecule has 3 atom stereocenters. The largest absolute Gasteiger partial charge is 0.353 e. The van der Waals surface area contributed by atoms with Crippen molar-refractivity contribution >= 4 is 28.4 Å². The number of piperidine rings is 1. The lowest BCUT2D eigenvalue weighted by molar-refractivity contribution is 0.112. The maximum Gasteiger partial charge on any atom is 0.182 e. The van der Waals surface area contributed by atoms with Gasteiger partial charge in [0.2, 0.25) is 0 Å². The number of benzene rings is 3. The quantitative estimate of drug-likeness (QED) is 0.503. The summed E-state index contributed by atoms with van der Waals surface area (Å²) in [6.07, 6.45) is 1.97. The van der Waals surface area contributed by atoms with Crippen LogP contribution in [0.3, 0.4) is 0 Å². The van der Waals surface area contributed by atoms with E-state index in [4.69, 9.17) is 0 Å². The molecule has 28 heavy (non-hydrogen) atoms. The van der Waals surface area contributed by atoms with Gasteiger partial charge in [-0.3, -0.25) is 9.69 Å². The minimum Gasteiger partial charge on any atom is -0.353 e. The van der Waals surface area contributed by atoms with Crippen LogP contribution in [0.25, 0.3) is 10.8 Å². The summed E-state index contributed by atoms with van der Waals surface area (Å²) in [6, 6.07) is 12.5. The summed E-state index contributed by atoms with van der Waals surface area (Å²) in [5, 5.41) is 4.79. The summed E-state index contributed by atoms with van der Waals surface area (Å²) < 4.78 is 28.0. The van der Waals surface area contributed by atoms with Crippen molar-refractivity contribution in [3.63, 3.8) is 0 Å². The lowest BCUT2D eigenvalue weighted by atomic mass is 9.86. The van der Waals surface area contributed by atoms with Crippen molar-refractivity contribution in [3.8, 4) is 0 Å². The molecule has 2 saturated heterocycles. The Labute approximate surface area is 162 Å². The van der Waals surface area contributed by atoms with Crippen molar-refractivity contribution in [2.45, 2.75) is 25.3 Å². The Morgan fingerprint density at radius 2 is 1.93 bits per heavy atom. The van der Waals surface area contributed by atoms with Gasteiger partial charge in [-0.1, -0.05) is 24.3 Å². The van der Waals surface area contributed by atoms with Crippen LogP contribution in [0.4, 0.5) is 20.2 Å². The molecule has 0 spiro atoms. The molecule has 0 radical (unpaired) electrons. The fourth-order valence-electron chi connectivity index (χ4n) is 4.60. The molecule has 2 aliphatic heterocycles. The number of aldehydes is 1. The van der Waals surface area contributed by atoms with Crippen molar-refractivity contribution in [3.05, 3.63) is 70.8 Å². The van der Waals surface area contributed by atoms with Crippen LogP contribution in [-0.2, 0) is 0 Å². The van der Waals surface area contributed by atoms with Crippen LogP contribution in [0.15, 0.2) is 42.5 Å². The average Bonchev–Trinajstić information content (AvgIpc) is 3.30. The minimum absolute atomic E-state index is 0.0885. The number of aryl methyl sites for hydroxylation is 1. The van der Waals surface area contributed by atoms with Crippen LogP contribution < -0.4 is 5.32 Å². The zero-order valence-electron chi connectivity index (χ0n) is 15.5. The number of nitrogens with one attached hydrogen (secondary N) is 1. The Morgan fingerprint density at radius 3 is 2.68 bits per heavy atom. The fourth-order valence-corrected chi connectivity index (χ4v) is 4.60. The molecule has 5 rings (SSSR count). The SMILES string of the molecule is Cc1cccc2c(Nc3cccc(F)c3F)cc(C3CC4CN4C3)c(C=O)c12. The van der Waals surface area contributed by atoms with Gasteiger partial charge >= 0.3 is 0 Å². The molecule has 3 nitrogen and oxygen atoms in total. The molecule has 3 aromatic rings. The molecule has 5 heteroatoms. The minimum atomic E-state index is -0.905. The van der Waals surface area contributed by atoms with Crippen LogP contribution in [0.5, 0.6) is 0 Å². The smallest absolute Gasteiger partial charge is 0.182 e. The molecule has 0 saturated carbocycles. The summed E-state index contributed by atoms with van der Waals surface area (Å²) in [5.74, 6) is -1.52. The number of halogens is 2. The Hall–Kier alpha value is -2.79. The predicted molar refractivity (Wildman–Crippen MR) is 106 cm³/mol. The molecule has 2 fully saturated rings. The Kier molecular flexibility index (Phi) is 3.95. The van der Waals surface area contributed by atoms with Gasteiger partial charge in [0.05, 0.1) is 5.69 Å². The number of hydrogen-bond donors (Lipinski definition) is 1. The first-order chi connectivity index (χ1) is 13.6. The standard InChI is InChI=1S/C23H20F2N2O/c1-13-4-2-5-16-21(26-20-7-3-6-19(24)23(20)25)9-17(18(12-28)22(13)16)14-8-15-11-27(15)10-14/h2-7,9,12,14-15,26H,8,10-11H2,1H3. The summed E-state index contributed by atoms with van der Waals surface area (Å²) in [6.45, 7) is 4.05. The molecule has 1 N–H and O–H groups in total. The highest BCUT2D eigenvalue weighted by Gasteiger charge is 2.44. The lowest BCUT2D eigenvalue weighted by Gasteiger charge is -2.21. The summed E-state index contributed by atoms with van der Waals surface area (Å²) in [4.78, 5) is 14.5. The van der Waals surface area contributed by atoms with E-state index in [1.807, 2.05) is 31.2 Å². The van der Waals surface area contributed by atoms with E-state index in [2.05, 4.69) is 10.2 Å². The maximum atomic E-state index is 14.3. The normalized spacial score (nSPS) is 22.9. The highest BCUT2D eigenvalue weighted by atomic mass is 19.2. The van der Waals surface area contributed by atoms with Gasteiger partial charge in [0.15, 0.2) is 17.9 Å². The topological polar surface area (TPSA) is 32.1 Å². The molecule has 2 aliphatic rings. The van der Waals surface area contributed by atoms with Crippen molar-refractivity contribution < 1.29 is 13.6 Å². The number of anilines is 2. The van der Waals surface area contributed by atoms with E-state index < -0.39 is 11.6 Å². The number of hydrogen-bond acceptors (Lipinski definition) is 3. The summed E-state index contributed by atoms with van der Waals surface area (Å²) in [5.41, 5.74) is 3.48. The van der Waals surface area contributed by atoms with E-state index in [1.54, 1.807) is 0 Å². The molecular weight excluding hydrogens is 358 g/mol. The van der Waals surface area contributed by atoms with E-state index in [0.717, 1.165) is 53.8 Å². The number of carbonyl (C=O) groups is 1. The zero-order chi connectivity index (χ0) is 19.4. The molecular formula is C23H20F2N2O. The van der Waals surface area contributed by atoms with Gasteiger partial charge < -0.3 is 5.32 Å². The van der Waals surface area contributed by atoms with Crippen LogP contribution >= 0.6 is 0 Å². The van der Waals surface area contributed by atoms with Gasteiger partial charge in [-0.2, -0.15) is 0 Å². The van der Waals surface area contributed by atoms with Gasteiger partial charge in [-0.15, -0.1) is 0 Å². The van der Waals surface area contributed by atoms with E-state index in [1.165, 1.54) is 12.1 Å². The number of nitrogens with zero attached hydrogens (tertiary/aromatic N) is 1. The van der Waals surface area contributed by atoms with Gasteiger partial charge in [-0.25, -0.2) is 8.78 Å². The molecule has 3 unspecified atom stereocenters. The number of carbonyl (C=O) groups excluding carboxylic acids is 1. The second-order valence-corrected chi connectivity index (χ2v) is 7.81. The van der Waals surface area contributed by atoms with Crippen molar-refractivity contribution in [1.29, 1.82) is 0 Å². The zero-order valence-corrected chi connectivity index (χ0v) is 15.5. The summed E-state index contributed by atoms with van der Waals surface area (Å²) >= 11 is 0. The van der Waals surface area contributed by atoms with Crippen LogP contribution in [-0.4, -0.2) is 30.3 Å². The van der Waals surface area contributed by atoms with Crippen molar-refractivity contribution in [2.75, 3.05) is 18.4 Å². The van der Waals surface area contributed by atoms with Crippen molar-refractivity contribution in [1.82, 2.24) is 4.90 Å². The number of rotatable bonds is 4. The van der Waals surface area contributed by atoms with E-state index >= 15 is 0 Å². The Morgan fingerprint density at radius 1 is 1.11 bits per heavy atom. The molecule has 3 aromatic carbocycles. The Balaban J connectivity index is 1.70. The molecule has 0 bridgehead atoms. The lowest BCUT2D eigenvalue weighted by Crippen LogP contribution is -2.10. The molecule has 2 heterocycles. The predicted octanol–water partition coefficient (Wildman–Crippen LogP) is 5.15. The van der Waals surface area contributed by atoms with Crippen molar-refractivity contribution in [2.24, 2.45) is 0 Å². The first kappa shape index (κ1) is 17.3. The van der Waals surface area contributed by atoms with Gasteiger partial charge in [0.25, 0.3) is 0 Å². The molecule has 0 aromatic heterocycles. The second-order valence-electron chi connectivity index (χ2n) is 7.81. The van der Waals surface area contributed by atoms with E-state index in [-0.39, 0.29) is 11.6 Å².